The Balaban J connectivity index is 1.93. The van der Waals surface area contributed by atoms with Crippen LogP contribution in [0.5, 0.6) is 0 Å². The van der Waals surface area contributed by atoms with Crippen LogP contribution in [-0.4, -0.2) is 32.8 Å². The van der Waals surface area contributed by atoms with E-state index < -0.39 is 0 Å². The van der Waals surface area contributed by atoms with Crippen LogP contribution in [0.4, 0.5) is 5.82 Å². The Bertz CT molecular complexity index is 566. The molecule has 0 saturated heterocycles. The molecule has 0 atom stereocenters. The molecule has 116 valence electrons. The maximum atomic E-state index is 6.20. The molecule has 0 aromatic carbocycles. The van der Waals surface area contributed by atoms with Gasteiger partial charge >= 0.3 is 0 Å². The molecule has 6 heteroatoms. The molecule has 2 aromatic heterocycles. The first kappa shape index (κ1) is 15.7. The first-order valence-corrected chi connectivity index (χ1v) is 7.82. The standard InChI is InChI=1S/C15H25N5O/c1-3-5-6-9-21-10-7-8-12-13(4-2)19-15-17-11-18-20(15)14(12)16/h11H,3-10,16H2,1-2H3. The van der Waals surface area contributed by atoms with Crippen molar-refractivity contribution in [1.82, 2.24) is 19.6 Å². The quantitative estimate of drug-likeness (QED) is 0.718. The predicted molar refractivity (Wildman–Crippen MR) is 83.2 cm³/mol. The molecule has 0 unspecified atom stereocenters. The molecule has 6 nitrogen and oxygen atoms in total. The monoisotopic (exact) mass is 291 g/mol. The molecule has 21 heavy (non-hydrogen) atoms. The van der Waals surface area contributed by atoms with Gasteiger partial charge in [0.2, 0.25) is 0 Å². The van der Waals surface area contributed by atoms with Gasteiger partial charge in [-0.3, -0.25) is 0 Å². The third-order valence-electron chi connectivity index (χ3n) is 3.59. The zero-order chi connectivity index (χ0) is 15.1. The van der Waals surface area contributed by atoms with Crippen molar-refractivity contribution in [2.24, 2.45) is 0 Å². The Morgan fingerprint density at radius 1 is 1.19 bits per heavy atom. The van der Waals surface area contributed by atoms with Gasteiger partial charge in [-0.2, -0.15) is 14.6 Å². The smallest absolute Gasteiger partial charge is 0.254 e. The van der Waals surface area contributed by atoms with E-state index in [0.29, 0.717) is 11.6 Å². The van der Waals surface area contributed by atoms with E-state index in [-0.39, 0.29) is 0 Å². The van der Waals surface area contributed by atoms with Crippen LogP contribution in [0.2, 0.25) is 0 Å². The number of nitrogens with zero attached hydrogens (tertiary/aromatic N) is 4. The number of aryl methyl sites for hydroxylation is 1. The van der Waals surface area contributed by atoms with Crippen molar-refractivity contribution in [2.45, 2.75) is 52.4 Å². The van der Waals surface area contributed by atoms with Crippen molar-refractivity contribution in [1.29, 1.82) is 0 Å². The topological polar surface area (TPSA) is 78.3 Å². The highest BCUT2D eigenvalue weighted by Gasteiger charge is 2.12. The fourth-order valence-corrected chi connectivity index (χ4v) is 2.42. The zero-order valence-corrected chi connectivity index (χ0v) is 13.0. The Hall–Kier alpha value is -1.69. The van der Waals surface area contributed by atoms with E-state index in [1.807, 2.05) is 0 Å². The van der Waals surface area contributed by atoms with Crippen molar-refractivity contribution < 1.29 is 4.74 Å². The van der Waals surface area contributed by atoms with Crippen LogP contribution in [-0.2, 0) is 17.6 Å². The van der Waals surface area contributed by atoms with Crippen LogP contribution in [0.25, 0.3) is 5.78 Å². The fourth-order valence-electron chi connectivity index (χ4n) is 2.42. The summed E-state index contributed by atoms with van der Waals surface area (Å²) in [5.41, 5.74) is 8.29. The van der Waals surface area contributed by atoms with E-state index in [1.165, 1.54) is 19.2 Å². The largest absolute Gasteiger partial charge is 0.383 e. The molecule has 0 bridgehead atoms. The van der Waals surface area contributed by atoms with Gasteiger partial charge in [0.1, 0.15) is 12.1 Å². The highest BCUT2D eigenvalue weighted by Crippen LogP contribution is 2.18. The van der Waals surface area contributed by atoms with Crippen LogP contribution in [0.3, 0.4) is 0 Å². The number of unbranched alkanes of at least 4 members (excludes halogenated alkanes) is 2. The van der Waals surface area contributed by atoms with E-state index in [0.717, 1.165) is 50.2 Å². The lowest BCUT2D eigenvalue weighted by Gasteiger charge is -2.11. The number of nitrogen functional groups attached to an aromatic ring is 1. The number of ether oxygens (including phenoxy) is 1. The Morgan fingerprint density at radius 2 is 2.00 bits per heavy atom. The molecule has 0 amide bonds. The molecule has 2 rings (SSSR count). The van der Waals surface area contributed by atoms with Gasteiger partial charge in [0.15, 0.2) is 0 Å². The Morgan fingerprint density at radius 3 is 2.76 bits per heavy atom. The van der Waals surface area contributed by atoms with Gasteiger partial charge in [-0.05, 0) is 25.7 Å². The number of anilines is 1. The van der Waals surface area contributed by atoms with Crippen molar-refractivity contribution in [3.05, 3.63) is 17.6 Å². The van der Waals surface area contributed by atoms with Crippen molar-refractivity contribution in [3.63, 3.8) is 0 Å². The van der Waals surface area contributed by atoms with E-state index >= 15 is 0 Å². The second kappa shape index (κ2) is 7.93. The molecule has 0 aliphatic heterocycles. The average molecular weight is 291 g/mol. The van der Waals surface area contributed by atoms with Crippen LogP contribution in [0.1, 0.15) is 50.8 Å². The van der Waals surface area contributed by atoms with E-state index in [2.05, 4.69) is 28.9 Å². The maximum Gasteiger partial charge on any atom is 0.254 e. The molecular weight excluding hydrogens is 266 g/mol. The minimum atomic E-state index is 0.573. The van der Waals surface area contributed by atoms with Gasteiger partial charge in [-0.1, -0.05) is 26.7 Å². The average Bonchev–Trinajstić information content (AvgIpc) is 2.96. The fraction of sp³-hybridized carbons (Fsp3) is 0.667. The number of hydrogen-bond acceptors (Lipinski definition) is 5. The van der Waals surface area contributed by atoms with Crippen molar-refractivity contribution in [2.75, 3.05) is 18.9 Å². The summed E-state index contributed by atoms with van der Waals surface area (Å²) >= 11 is 0. The summed E-state index contributed by atoms with van der Waals surface area (Å²) in [6.07, 6.45) is 7.75. The summed E-state index contributed by atoms with van der Waals surface area (Å²) in [6, 6.07) is 0. The lowest BCUT2D eigenvalue weighted by Crippen LogP contribution is -2.11. The second-order valence-corrected chi connectivity index (χ2v) is 5.17. The first-order valence-electron chi connectivity index (χ1n) is 7.82. The summed E-state index contributed by atoms with van der Waals surface area (Å²) < 4.78 is 7.26. The Labute approximate surface area is 125 Å². The van der Waals surface area contributed by atoms with Gasteiger partial charge in [-0.25, -0.2) is 4.98 Å². The third-order valence-corrected chi connectivity index (χ3v) is 3.59. The van der Waals surface area contributed by atoms with Gasteiger partial charge in [0, 0.05) is 18.8 Å². The summed E-state index contributed by atoms with van der Waals surface area (Å²) in [5, 5.41) is 4.12. The number of aromatic nitrogens is 4. The second-order valence-electron chi connectivity index (χ2n) is 5.17. The van der Waals surface area contributed by atoms with E-state index in [1.54, 1.807) is 4.52 Å². The van der Waals surface area contributed by atoms with Crippen LogP contribution >= 0.6 is 0 Å². The molecule has 0 aliphatic rings. The molecule has 2 heterocycles. The van der Waals surface area contributed by atoms with E-state index in [9.17, 15) is 0 Å². The summed E-state index contributed by atoms with van der Waals surface area (Å²) in [6.45, 7) is 5.90. The molecule has 2 aromatic rings. The normalized spacial score (nSPS) is 11.3. The van der Waals surface area contributed by atoms with Gasteiger partial charge < -0.3 is 10.5 Å². The number of nitrogens with two attached hydrogens (primary N) is 1. The van der Waals surface area contributed by atoms with Gasteiger partial charge in [-0.15, -0.1) is 0 Å². The lowest BCUT2D eigenvalue weighted by atomic mass is 10.1. The third kappa shape index (κ3) is 3.91. The minimum Gasteiger partial charge on any atom is -0.383 e. The van der Waals surface area contributed by atoms with Gasteiger partial charge in [0.25, 0.3) is 5.78 Å². The molecular formula is C15H25N5O. The van der Waals surface area contributed by atoms with Gasteiger partial charge in [0.05, 0.1) is 5.69 Å². The highest BCUT2D eigenvalue weighted by molar-refractivity contribution is 5.49. The molecule has 0 fully saturated rings. The van der Waals surface area contributed by atoms with E-state index in [4.69, 9.17) is 10.5 Å². The number of hydrogen-bond donors (Lipinski definition) is 1. The number of fused-ring (bicyclic) bond motifs is 1. The lowest BCUT2D eigenvalue weighted by molar-refractivity contribution is 0.128. The zero-order valence-electron chi connectivity index (χ0n) is 13.0. The summed E-state index contributed by atoms with van der Waals surface area (Å²) in [7, 11) is 0. The van der Waals surface area contributed by atoms with Crippen LogP contribution in [0.15, 0.2) is 6.33 Å². The molecule has 0 spiro atoms. The molecule has 0 radical (unpaired) electrons. The Kier molecular flexibility index (Phi) is 5.92. The van der Waals surface area contributed by atoms with Crippen LogP contribution in [0, 0.1) is 0 Å². The molecule has 0 saturated carbocycles. The summed E-state index contributed by atoms with van der Waals surface area (Å²) in [4.78, 5) is 8.63. The maximum absolute atomic E-state index is 6.20. The van der Waals surface area contributed by atoms with Crippen LogP contribution < -0.4 is 5.73 Å². The first-order chi connectivity index (χ1) is 10.3. The minimum absolute atomic E-state index is 0.573. The van der Waals surface area contributed by atoms with Crippen molar-refractivity contribution >= 4 is 11.6 Å². The SMILES string of the molecule is CCCCCOCCCc1c(CC)nc2ncnn2c1N. The summed E-state index contributed by atoms with van der Waals surface area (Å²) in [5.74, 6) is 1.23. The molecule has 2 N–H and O–H groups in total. The predicted octanol–water partition coefficient (Wildman–Crippen LogP) is 2.41. The number of rotatable bonds is 9. The van der Waals surface area contributed by atoms with Crippen molar-refractivity contribution in [3.8, 4) is 0 Å². The molecule has 0 aliphatic carbocycles. The highest BCUT2D eigenvalue weighted by atomic mass is 16.5.